The van der Waals surface area contributed by atoms with Crippen molar-refractivity contribution in [2.24, 2.45) is 0 Å². The topological polar surface area (TPSA) is 41.1 Å². The van der Waals surface area contributed by atoms with Crippen LogP contribution >= 0.6 is 23.7 Å². The van der Waals surface area contributed by atoms with Gasteiger partial charge < -0.3 is 10.6 Å². The number of carbonyl (C=O) groups is 1. The second-order valence-electron chi connectivity index (χ2n) is 5.24. The number of rotatable bonds is 3. The minimum atomic E-state index is 0. The van der Waals surface area contributed by atoms with Crippen molar-refractivity contribution in [2.45, 2.75) is 33.5 Å². The summed E-state index contributed by atoms with van der Waals surface area (Å²) < 4.78 is 0. The maximum absolute atomic E-state index is 12.1. The quantitative estimate of drug-likeness (QED) is 0.910. The van der Waals surface area contributed by atoms with E-state index in [4.69, 9.17) is 0 Å². The summed E-state index contributed by atoms with van der Waals surface area (Å²) >= 11 is 1.56. The predicted molar refractivity (Wildman–Crippen MR) is 89.2 cm³/mol. The van der Waals surface area contributed by atoms with Gasteiger partial charge in [-0.25, -0.2) is 0 Å². The highest BCUT2D eigenvalue weighted by Gasteiger charge is 2.12. The smallest absolute Gasteiger partial charge is 0.261 e. The van der Waals surface area contributed by atoms with Crippen molar-refractivity contribution in [3.63, 3.8) is 0 Å². The average Bonchev–Trinajstić information content (AvgIpc) is 3.03. The molecule has 0 saturated heterocycles. The normalized spacial score (nSPS) is 12.7. The summed E-state index contributed by atoms with van der Waals surface area (Å²) in [4.78, 5) is 14.1. The Balaban J connectivity index is 0.00000161. The van der Waals surface area contributed by atoms with Gasteiger partial charge in [-0.15, -0.1) is 23.7 Å². The Morgan fingerprint density at radius 2 is 2.00 bits per heavy atom. The van der Waals surface area contributed by atoms with Gasteiger partial charge in [-0.1, -0.05) is 18.2 Å². The number of nitrogens with one attached hydrogen (secondary N) is 2. The van der Waals surface area contributed by atoms with Crippen molar-refractivity contribution >= 4 is 29.7 Å². The van der Waals surface area contributed by atoms with Gasteiger partial charge in [0.15, 0.2) is 0 Å². The van der Waals surface area contributed by atoms with Crippen LogP contribution in [0.15, 0.2) is 24.3 Å². The second-order valence-corrected chi connectivity index (χ2v) is 6.50. The van der Waals surface area contributed by atoms with E-state index in [0.717, 1.165) is 23.5 Å². The second kappa shape index (κ2) is 6.60. The van der Waals surface area contributed by atoms with E-state index < -0.39 is 0 Å². The van der Waals surface area contributed by atoms with Crippen molar-refractivity contribution in [1.29, 1.82) is 0 Å². The van der Waals surface area contributed by atoms with Crippen LogP contribution in [0.5, 0.6) is 0 Å². The fourth-order valence-electron chi connectivity index (χ4n) is 2.41. The van der Waals surface area contributed by atoms with Gasteiger partial charge in [0.05, 0.1) is 4.88 Å². The van der Waals surface area contributed by atoms with Gasteiger partial charge in [-0.2, -0.15) is 0 Å². The number of fused-ring (bicyclic) bond motifs is 1. The molecule has 112 valence electrons. The van der Waals surface area contributed by atoms with Crippen LogP contribution in [0.3, 0.4) is 0 Å². The summed E-state index contributed by atoms with van der Waals surface area (Å²) in [6.07, 6.45) is 0. The number of benzene rings is 1. The molecule has 21 heavy (non-hydrogen) atoms. The molecule has 2 N–H and O–H groups in total. The van der Waals surface area contributed by atoms with Crippen molar-refractivity contribution in [1.82, 2.24) is 10.6 Å². The van der Waals surface area contributed by atoms with E-state index in [1.165, 1.54) is 21.6 Å². The van der Waals surface area contributed by atoms with Crippen LogP contribution < -0.4 is 10.6 Å². The van der Waals surface area contributed by atoms with Crippen LogP contribution in [0.1, 0.15) is 36.8 Å². The molecule has 3 nitrogen and oxygen atoms in total. The molecule has 0 radical (unpaired) electrons. The molecule has 0 atom stereocenters. The molecule has 1 aliphatic rings. The molecule has 0 saturated carbocycles. The van der Waals surface area contributed by atoms with Crippen LogP contribution in [0.2, 0.25) is 0 Å². The molecule has 0 bridgehead atoms. The lowest BCUT2D eigenvalue weighted by Crippen LogP contribution is -2.21. The molecule has 0 aliphatic carbocycles. The van der Waals surface area contributed by atoms with E-state index in [1.54, 1.807) is 11.3 Å². The van der Waals surface area contributed by atoms with Crippen LogP contribution in [-0.4, -0.2) is 5.91 Å². The van der Waals surface area contributed by atoms with Gasteiger partial charge in [0.1, 0.15) is 0 Å². The molecular weight excluding hydrogens is 304 g/mol. The Labute approximate surface area is 135 Å². The van der Waals surface area contributed by atoms with Crippen LogP contribution in [-0.2, 0) is 19.6 Å². The molecule has 2 heterocycles. The number of hydrogen-bond donors (Lipinski definition) is 2. The molecule has 0 unspecified atom stereocenters. The van der Waals surface area contributed by atoms with Crippen molar-refractivity contribution < 1.29 is 4.79 Å². The van der Waals surface area contributed by atoms with Crippen molar-refractivity contribution in [3.05, 3.63) is 56.3 Å². The van der Waals surface area contributed by atoms with E-state index in [0.29, 0.717) is 6.54 Å². The zero-order valence-corrected chi connectivity index (χ0v) is 13.8. The van der Waals surface area contributed by atoms with E-state index >= 15 is 0 Å². The number of halogens is 1. The number of aryl methyl sites for hydroxylation is 2. The Bertz CT molecular complexity index is 647. The molecule has 5 heteroatoms. The monoisotopic (exact) mass is 322 g/mol. The molecule has 1 aromatic carbocycles. The lowest BCUT2D eigenvalue weighted by Gasteiger charge is -2.06. The largest absolute Gasteiger partial charge is 0.347 e. The fourth-order valence-corrected chi connectivity index (χ4v) is 3.36. The molecule has 0 fully saturated rings. The molecule has 2 aromatic rings. The van der Waals surface area contributed by atoms with Crippen LogP contribution in [0.25, 0.3) is 0 Å². The Morgan fingerprint density at radius 1 is 1.24 bits per heavy atom. The summed E-state index contributed by atoms with van der Waals surface area (Å²) in [7, 11) is 0. The van der Waals surface area contributed by atoms with E-state index in [-0.39, 0.29) is 18.3 Å². The third kappa shape index (κ3) is 3.46. The SMILES string of the molecule is Cc1cc(C(=O)NCc2ccc3c(c2)CNC3)sc1C.Cl. The Morgan fingerprint density at radius 3 is 2.71 bits per heavy atom. The molecule has 1 aliphatic heterocycles. The summed E-state index contributed by atoms with van der Waals surface area (Å²) in [5.41, 5.74) is 5.05. The van der Waals surface area contributed by atoms with Gasteiger partial charge in [0.2, 0.25) is 0 Å². The predicted octanol–water partition coefficient (Wildman–Crippen LogP) is 3.32. The first-order valence-electron chi connectivity index (χ1n) is 6.80. The van der Waals surface area contributed by atoms with E-state index in [2.05, 4.69) is 28.8 Å². The van der Waals surface area contributed by atoms with Crippen molar-refractivity contribution in [3.8, 4) is 0 Å². The maximum Gasteiger partial charge on any atom is 0.261 e. The van der Waals surface area contributed by atoms with Gasteiger partial charge in [-0.3, -0.25) is 4.79 Å². The first kappa shape index (κ1) is 16.0. The Kier molecular flexibility index (Phi) is 5.04. The standard InChI is InChI=1S/C16H18N2OS.ClH/c1-10-5-15(20-11(10)2)16(19)18-7-12-3-4-13-8-17-9-14(13)6-12;/h3-6,17H,7-9H2,1-2H3,(H,18,19);1H. The minimum absolute atomic E-state index is 0. The van der Waals surface area contributed by atoms with Crippen LogP contribution in [0, 0.1) is 13.8 Å². The zero-order chi connectivity index (χ0) is 14.1. The summed E-state index contributed by atoms with van der Waals surface area (Å²) in [5, 5.41) is 6.33. The van der Waals surface area contributed by atoms with E-state index in [1.807, 2.05) is 19.9 Å². The summed E-state index contributed by atoms with van der Waals surface area (Å²) in [5.74, 6) is 0.0184. The lowest BCUT2D eigenvalue weighted by molar-refractivity contribution is 0.0955. The molecular formula is C16H19ClN2OS. The third-order valence-electron chi connectivity index (χ3n) is 3.74. The first-order valence-corrected chi connectivity index (χ1v) is 7.62. The number of amides is 1. The van der Waals surface area contributed by atoms with Gasteiger partial charge in [0, 0.05) is 24.5 Å². The maximum atomic E-state index is 12.1. The third-order valence-corrected chi connectivity index (χ3v) is 4.90. The number of thiophene rings is 1. The highest BCUT2D eigenvalue weighted by atomic mass is 35.5. The molecule has 1 aromatic heterocycles. The Hall–Kier alpha value is -1.36. The van der Waals surface area contributed by atoms with Gasteiger partial charge >= 0.3 is 0 Å². The molecule has 0 spiro atoms. The molecule has 3 rings (SSSR count). The molecule has 1 amide bonds. The number of hydrogen-bond acceptors (Lipinski definition) is 3. The minimum Gasteiger partial charge on any atom is -0.347 e. The van der Waals surface area contributed by atoms with Gasteiger partial charge in [-0.05, 0) is 42.2 Å². The van der Waals surface area contributed by atoms with Crippen molar-refractivity contribution in [2.75, 3.05) is 0 Å². The fraction of sp³-hybridized carbons (Fsp3) is 0.312. The lowest BCUT2D eigenvalue weighted by atomic mass is 10.1. The summed E-state index contributed by atoms with van der Waals surface area (Å²) in [6.45, 7) is 6.55. The first-order chi connectivity index (χ1) is 9.63. The van der Waals surface area contributed by atoms with Crippen LogP contribution in [0.4, 0.5) is 0 Å². The highest BCUT2D eigenvalue weighted by Crippen LogP contribution is 2.21. The van der Waals surface area contributed by atoms with E-state index in [9.17, 15) is 4.79 Å². The zero-order valence-electron chi connectivity index (χ0n) is 12.2. The highest BCUT2D eigenvalue weighted by molar-refractivity contribution is 7.14. The van der Waals surface area contributed by atoms with Gasteiger partial charge in [0.25, 0.3) is 5.91 Å². The summed E-state index contributed by atoms with van der Waals surface area (Å²) in [6, 6.07) is 8.38. The average molecular weight is 323 g/mol. The number of carbonyl (C=O) groups excluding carboxylic acids is 1.